The summed E-state index contributed by atoms with van der Waals surface area (Å²) >= 11 is 0. The fourth-order valence-corrected chi connectivity index (χ4v) is 2.34. The molecule has 0 saturated carbocycles. The second kappa shape index (κ2) is 6.39. The molecule has 0 bridgehead atoms. The van der Waals surface area contributed by atoms with Gasteiger partial charge < -0.3 is 4.74 Å². The van der Waals surface area contributed by atoms with E-state index in [1.54, 1.807) is 0 Å². The van der Waals surface area contributed by atoms with Crippen LogP contribution in [-0.4, -0.2) is 13.1 Å². The lowest BCUT2D eigenvalue weighted by atomic mass is 10.0. The van der Waals surface area contributed by atoms with Crippen LogP contribution < -0.4 is 0 Å². The molecule has 2 nitrogen and oxygen atoms in total. The zero-order valence-electron chi connectivity index (χ0n) is 10.9. The number of allylic oxidation sites excluding steroid dienone is 1. The van der Waals surface area contributed by atoms with E-state index in [0.717, 1.165) is 32.1 Å². The van der Waals surface area contributed by atoms with Crippen LogP contribution in [0.2, 0.25) is 0 Å². The van der Waals surface area contributed by atoms with Crippen LogP contribution in [0.5, 0.6) is 0 Å². The molecule has 1 aromatic rings. The first-order valence-corrected chi connectivity index (χ1v) is 6.65. The van der Waals surface area contributed by atoms with E-state index >= 15 is 0 Å². The number of carbonyl (C=O) groups excluding carboxylic acids is 1. The minimum atomic E-state index is -0.0985. The summed E-state index contributed by atoms with van der Waals surface area (Å²) in [6, 6.07) is 6.74. The van der Waals surface area contributed by atoms with Crippen LogP contribution >= 0.6 is 0 Å². The molecule has 18 heavy (non-hydrogen) atoms. The molecule has 2 heteroatoms. The molecule has 0 atom stereocenters. The molecule has 0 radical (unpaired) electrons. The Labute approximate surface area is 109 Å². The van der Waals surface area contributed by atoms with Gasteiger partial charge in [0, 0.05) is 6.42 Å². The second-order valence-corrected chi connectivity index (χ2v) is 4.78. The number of esters is 1. The molecular formula is C16H20O2. The number of aryl methyl sites for hydroxylation is 1. The monoisotopic (exact) mass is 244 g/mol. The Bertz CT molecular complexity index is 446. The molecule has 0 aromatic heterocycles. The van der Waals surface area contributed by atoms with Gasteiger partial charge in [0.1, 0.15) is 0 Å². The third-order valence-electron chi connectivity index (χ3n) is 3.42. The van der Waals surface area contributed by atoms with E-state index in [0.29, 0.717) is 6.42 Å². The molecule has 0 saturated heterocycles. The Balaban J connectivity index is 1.70. The lowest BCUT2D eigenvalue weighted by molar-refractivity contribution is -0.140. The van der Waals surface area contributed by atoms with E-state index in [9.17, 15) is 4.79 Å². The van der Waals surface area contributed by atoms with Gasteiger partial charge in [0.15, 0.2) is 0 Å². The van der Waals surface area contributed by atoms with Gasteiger partial charge in [-0.25, -0.2) is 0 Å². The van der Waals surface area contributed by atoms with Gasteiger partial charge in [-0.1, -0.05) is 36.8 Å². The molecule has 0 heterocycles. The Morgan fingerprint density at radius 1 is 1.28 bits per heavy atom. The van der Waals surface area contributed by atoms with Crippen molar-refractivity contribution in [3.8, 4) is 0 Å². The number of ether oxygens (including phenoxy) is 1. The lowest BCUT2D eigenvalue weighted by Crippen LogP contribution is -1.99. The van der Waals surface area contributed by atoms with E-state index < -0.39 is 0 Å². The maximum absolute atomic E-state index is 10.9. The highest BCUT2D eigenvalue weighted by Crippen LogP contribution is 2.21. The number of benzene rings is 1. The van der Waals surface area contributed by atoms with Gasteiger partial charge in [0.2, 0.25) is 0 Å². The van der Waals surface area contributed by atoms with Crippen LogP contribution in [-0.2, 0) is 22.4 Å². The zero-order valence-corrected chi connectivity index (χ0v) is 10.9. The number of methoxy groups -OCH3 is 1. The van der Waals surface area contributed by atoms with Gasteiger partial charge in [-0.15, -0.1) is 0 Å². The molecule has 0 fully saturated rings. The Morgan fingerprint density at radius 3 is 3.00 bits per heavy atom. The first-order chi connectivity index (χ1) is 8.79. The zero-order chi connectivity index (χ0) is 12.8. The molecule has 0 unspecified atom stereocenters. The van der Waals surface area contributed by atoms with Gasteiger partial charge in [0.25, 0.3) is 0 Å². The predicted molar refractivity (Wildman–Crippen MR) is 73.4 cm³/mol. The minimum Gasteiger partial charge on any atom is -0.469 e. The maximum Gasteiger partial charge on any atom is 0.305 e. The lowest BCUT2D eigenvalue weighted by Gasteiger charge is -2.05. The molecule has 2 rings (SSSR count). The van der Waals surface area contributed by atoms with Crippen molar-refractivity contribution in [2.75, 3.05) is 7.11 Å². The summed E-state index contributed by atoms with van der Waals surface area (Å²) in [5.74, 6) is -0.0985. The third kappa shape index (κ3) is 3.46. The van der Waals surface area contributed by atoms with Crippen molar-refractivity contribution in [1.29, 1.82) is 0 Å². The highest BCUT2D eigenvalue weighted by atomic mass is 16.5. The second-order valence-electron chi connectivity index (χ2n) is 4.78. The summed E-state index contributed by atoms with van der Waals surface area (Å²) < 4.78 is 4.62. The summed E-state index contributed by atoms with van der Waals surface area (Å²) in [5, 5.41) is 0. The molecule has 0 spiro atoms. The first-order valence-electron chi connectivity index (χ1n) is 6.65. The molecule has 0 N–H and O–H groups in total. The van der Waals surface area contributed by atoms with Gasteiger partial charge >= 0.3 is 5.97 Å². The van der Waals surface area contributed by atoms with Crippen LogP contribution in [0.1, 0.15) is 42.4 Å². The molecular weight excluding hydrogens is 224 g/mol. The van der Waals surface area contributed by atoms with Crippen molar-refractivity contribution < 1.29 is 9.53 Å². The van der Waals surface area contributed by atoms with Crippen molar-refractivity contribution in [1.82, 2.24) is 0 Å². The fraction of sp³-hybridized carbons (Fsp3) is 0.438. The van der Waals surface area contributed by atoms with Crippen LogP contribution in [0.15, 0.2) is 24.3 Å². The van der Waals surface area contributed by atoms with Crippen LogP contribution in [0.25, 0.3) is 6.08 Å². The summed E-state index contributed by atoms with van der Waals surface area (Å²) in [6.45, 7) is 0. The molecule has 96 valence electrons. The largest absolute Gasteiger partial charge is 0.469 e. The summed E-state index contributed by atoms with van der Waals surface area (Å²) in [7, 11) is 1.45. The van der Waals surface area contributed by atoms with Crippen LogP contribution in [0.3, 0.4) is 0 Å². The van der Waals surface area contributed by atoms with Crippen molar-refractivity contribution in [2.45, 2.75) is 38.5 Å². The molecule has 1 aliphatic rings. The number of unbranched alkanes of at least 4 members (excludes halogenated alkanes) is 2. The Kier molecular flexibility index (Phi) is 4.57. The van der Waals surface area contributed by atoms with E-state index in [1.807, 2.05) is 0 Å². The van der Waals surface area contributed by atoms with Crippen molar-refractivity contribution in [3.05, 3.63) is 41.0 Å². The number of carbonyl (C=O) groups is 1. The summed E-state index contributed by atoms with van der Waals surface area (Å²) in [5.41, 5.74) is 4.22. The highest BCUT2D eigenvalue weighted by Gasteiger charge is 2.05. The highest BCUT2D eigenvalue weighted by molar-refractivity contribution is 5.68. The number of hydrogen-bond acceptors (Lipinski definition) is 2. The summed E-state index contributed by atoms with van der Waals surface area (Å²) in [4.78, 5) is 10.9. The average Bonchev–Trinajstić information content (AvgIpc) is 2.85. The SMILES string of the molecule is COC(=O)CCCCCc1ccc2c(c1)CC=C2. The first kappa shape index (κ1) is 12.9. The minimum absolute atomic E-state index is 0.0985. The molecule has 0 amide bonds. The molecule has 1 aliphatic carbocycles. The average molecular weight is 244 g/mol. The number of fused-ring (bicyclic) bond motifs is 1. The van der Waals surface area contributed by atoms with Crippen LogP contribution in [0, 0.1) is 0 Å². The van der Waals surface area contributed by atoms with E-state index in [4.69, 9.17) is 0 Å². The quantitative estimate of drug-likeness (QED) is 0.565. The number of hydrogen-bond donors (Lipinski definition) is 0. The molecule has 0 aliphatic heterocycles. The summed E-state index contributed by atoms with van der Waals surface area (Å²) in [6.07, 6.45) is 10.3. The number of rotatable bonds is 6. The van der Waals surface area contributed by atoms with E-state index in [2.05, 4.69) is 35.1 Å². The topological polar surface area (TPSA) is 26.3 Å². The Morgan fingerprint density at radius 2 is 2.17 bits per heavy atom. The van der Waals surface area contributed by atoms with Gasteiger partial charge in [-0.05, 0) is 42.4 Å². The van der Waals surface area contributed by atoms with Crippen molar-refractivity contribution >= 4 is 12.0 Å². The third-order valence-corrected chi connectivity index (χ3v) is 3.42. The van der Waals surface area contributed by atoms with Gasteiger partial charge in [0.05, 0.1) is 7.11 Å². The predicted octanol–water partition coefficient (Wildman–Crippen LogP) is 3.53. The standard InChI is InChI=1S/C16H20O2/c1-18-16(17)9-4-2-3-6-13-10-11-14-7-5-8-15(14)12-13/h5,7,10-12H,2-4,6,8-9H2,1H3. The van der Waals surface area contributed by atoms with E-state index in [1.165, 1.54) is 23.8 Å². The van der Waals surface area contributed by atoms with Crippen molar-refractivity contribution in [3.63, 3.8) is 0 Å². The maximum atomic E-state index is 10.9. The fourth-order valence-electron chi connectivity index (χ4n) is 2.34. The normalized spacial score (nSPS) is 12.5. The smallest absolute Gasteiger partial charge is 0.305 e. The van der Waals surface area contributed by atoms with Gasteiger partial charge in [-0.2, -0.15) is 0 Å². The van der Waals surface area contributed by atoms with E-state index in [-0.39, 0.29) is 5.97 Å². The van der Waals surface area contributed by atoms with Gasteiger partial charge in [-0.3, -0.25) is 4.79 Å². The molecule has 1 aromatic carbocycles. The van der Waals surface area contributed by atoms with Crippen molar-refractivity contribution in [2.24, 2.45) is 0 Å². The Hall–Kier alpha value is -1.57. The van der Waals surface area contributed by atoms with Crippen LogP contribution in [0.4, 0.5) is 0 Å².